The Bertz CT molecular complexity index is 551. The average molecular weight is 301 g/mol. The zero-order valence-corrected chi connectivity index (χ0v) is 10.3. The van der Waals surface area contributed by atoms with Crippen LogP contribution in [0.5, 0.6) is 0 Å². The fourth-order valence-electron chi connectivity index (χ4n) is 1.32. The quantitative estimate of drug-likeness (QED) is 0.910. The summed E-state index contributed by atoms with van der Waals surface area (Å²) in [6.45, 7) is 0. The number of rotatable bonds is 2. The van der Waals surface area contributed by atoms with E-state index in [0.29, 0.717) is 10.4 Å². The molecular formula is C11H6BrFO2S. The first kappa shape index (κ1) is 11.3. The summed E-state index contributed by atoms with van der Waals surface area (Å²) in [5.41, 5.74) is 0.387. The first-order chi connectivity index (χ1) is 7.59. The van der Waals surface area contributed by atoms with E-state index in [0.717, 1.165) is 4.47 Å². The third kappa shape index (κ3) is 2.01. The monoisotopic (exact) mass is 300 g/mol. The molecule has 0 atom stereocenters. The second-order valence-electron chi connectivity index (χ2n) is 3.10. The van der Waals surface area contributed by atoms with Gasteiger partial charge in [-0.3, -0.25) is 0 Å². The Kier molecular flexibility index (Phi) is 3.07. The number of hydrogen-bond donors (Lipinski definition) is 1. The summed E-state index contributed by atoms with van der Waals surface area (Å²) in [5.74, 6) is -1.48. The molecule has 0 bridgehead atoms. The summed E-state index contributed by atoms with van der Waals surface area (Å²) >= 11 is 4.65. The molecule has 1 aromatic carbocycles. The summed E-state index contributed by atoms with van der Waals surface area (Å²) in [4.78, 5) is 11.5. The first-order valence-corrected chi connectivity index (χ1v) is 6.03. The van der Waals surface area contributed by atoms with Crippen molar-refractivity contribution in [2.75, 3.05) is 0 Å². The third-order valence-corrected chi connectivity index (χ3v) is 3.95. The van der Waals surface area contributed by atoms with Gasteiger partial charge in [-0.25, -0.2) is 9.18 Å². The predicted molar refractivity (Wildman–Crippen MR) is 64.4 cm³/mol. The van der Waals surface area contributed by atoms with Gasteiger partial charge < -0.3 is 5.11 Å². The number of carbonyl (C=O) groups is 1. The molecule has 0 radical (unpaired) electrons. The predicted octanol–water partition coefficient (Wildman–Crippen LogP) is 4.01. The summed E-state index contributed by atoms with van der Waals surface area (Å²) < 4.78 is 14.3. The molecular weight excluding hydrogens is 295 g/mol. The van der Waals surface area contributed by atoms with Crippen LogP contribution in [0.3, 0.4) is 0 Å². The normalized spacial score (nSPS) is 10.4. The van der Waals surface area contributed by atoms with Crippen molar-refractivity contribution in [2.45, 2.75) is 0 Å². The van der Waals surface area contributed by atoms with Crippen molar-refractivity contribution in [2.24, 2.45) is 0 Å². The second-order valence-corrected chi connectivity index (χ2v) is 4.87. The van der Waals surface area contributed by atoms with Gasteiger partial charge in [0.15, 0.2) is 0 Å². The van der Waals surface area contributed by atoms with Crippen LogP contribution in [0, 0.1) is 5.82 Å². The zero-order chi connectivity index (χ0) is 11.7. The lowest BCUT2D eigenvalue weighted by Gasteiger charge is -2.03. The Labute approximate surface area is 103 Å². The highest BCUT2D eigenvalue weighted by Crippen LogP contribution is 2.35. The Balaban J connectivity index is 2.60. The summed E-state index contributed by atoms with van der Waals surface area (Å²) in [6.07, 6.45) is 0. The molecule has 2 aromatic rings. The van der Waals surface area contributed by atoms with E-state index >= 15 is 0 Å². The molecule has 0 amide bonds. The topological polar surface area (TPSA) is 37.3 Å². The van der Waals surface area contributed by atoms with E-state index in [2.05, 4.69) is 15.9 Å². The van der Waals surface area contributed by atoms with Crippen molar-refractivity contribution in [1.82, 2.24) is 0 Å². The van der Waals surface area contributed by atoms with Crippen LogP contribution >= 0.6 is 27.3 Å². The number of carboxylic acid groups (broad SMARTS) is 1. The Hall–Kier alpha value is -1.20. The molecule has 1 aromatic heterocycles. The van der Waals surface area contributed by atoms with Crippen LogP contribution in [-0.4, -0.2) is 11.1 Å². The SMILES string of the molecule is O=C(O)c1ccc(F)c(-c2sccc2Br)c1. The van der Waals surface area contributed by atoms with E-state index in [1.165, 1.54) is 29.5 Å². The van der Waals surface area contributed by atoms with Gasteiger partial charge in [0, 0.05) is 10.0 Å². The number of hydrogen-bond acceptors (Lipinski definition) is 2. The maximum absolute atomic E-state index is 13.6. The van der Waals surface area contributed by atoms with Gasteiger partial charge in [-0.05, 0) is 45.6 Å². The van der Waals surface area contributed by atoms with E-state index in [4.69, 9.17) is 5.11 Å². The van der Waals surface area contributed by atoms with Gasteiger partial charge >= 0.3 is 5.97 Å². The van der Waals surface area contributed by atoms with Crippen LogP contribution in [0.1, 0.15) is 10.4 Å². The lowest BCUT2D eigenvalue weighted by atomic mass is 10.1. The maximum atomic E-state index is 13.6. The first-order valence-electron chi connectivity index (χ1n) is 4.36. The molecule has 0 aliphatic carbocycles. The van der Waals surface area contributed by atoms with E-state index in [9.17, 15) is 9.18 Å². The van der Waals surface area contributed by atoms with Crippen LogP contribution in [0.15, 0.2) is 34.1 Å². The average Bonchev–Trinajstić information content (AvgIpc) is 2.65. The molecule has 1 N–H and O–H groups in total. The minimum atomic E-state index is -1.06. The van der Waals surface area contributed by atoms with Gasteiger partial charge in [0.05, 0.1) is 10.4 Å². The Morgan fingerprint density at radius 2 is 2.12 bits per heavy atom. The smallest absolute Gasteiger partial charge is 0.335 e. The van der Waals surface area contributed by atoms with Crippen LogP contribution in [-0.2, 0) is 0 Å². The molecule has 0 saturated heterocycles. The molecule has 0 aliphatic heterocycles. The third-order valence-electron chi connectivity index (χ3n) is 2.08. The number of halogens is 2. The van der Waals surface area contributed by atoms with Crippen molar-refractivity contribution >= 4 is 33.2 Å². The van der Waals surface area contributed by atoms with E-state index in [-0.39, 0.29) is 5.56 Å². The standard InChI is InChI=1S/C11H6BrFO2S/c12-8-3-4-16-10(8)7-5-6(11(14)15)1-2-9(7)13/h1-5H,(H,14,15). The molecule has 1 heterocycles. The fourth-order valence-corrected chi connectivity index (χ4v) is 2.92. The van der Waals surface area contributed by atoms with Gasteiger partial charge in [-0.1, -0.05) is 0 Å². The summed E-state index contributed by atoms with van der Waals surface area (Å²) in [7, 11) is 0. The van der Waals surface area contributed by atoms with Gasteiger partial charge in [0.1, 0.15) is 5.82 Å². The second kappa shape index (κ2) is 4.35. The largest absolute Gasteiger partial charge is 0.478 e. The molecule has 16 heavy (non-hydrogen) atoms. The summed E-state index contributed by atoms with van der Waals surface area (Å²) in [5, 5.41) is 10.6. The summed E-state index contributed by atoms with van der Waals surface area (Å²) in [6, 6.07) is 5.56. The molecule has 0 spiro atoms. The molecule has 0 fully saturated rings. The van der Waals surface area contributed by atoms with Crippen LogP contribution in [0.25, 0.3) is 10.4 Å². The van der Waals surface area contributed by atoms with E-state index in [1.807, 2.05) is 5.38 Å². The number of carboxylic acids is 1. The zero-order valence-electron chi connectivity index (χ0n) is 7.91. The highest BCUT2D eigenvalue weighted by Gasteiger charge is 2.13. The van der Waals surface area contributed by atoms with Crippen molar-refractivity contribution in [3.05, 3.63) is 45.5 Å². The molecule has 2 rings (SSSR count). The van der Waals surface area contributed by atoms with Crippen molar-refractivity contribution < 1.29 is 14.3 Å². The fraction of sp³-hybridized carbons (Fsp3) is 0. The van der Waals surface area contributed by atoms with Gasteiger partial charge in [0.2, 0.25) is 0 Å². The highest BCUT2D eigenvalue weighted by molar-refractivity contribution is 9.10. The molecule has 0 unspecified atom stereocenters. The molecule has 82 valence electrons. The number of thiophene rings is 1. The van der Waals surface area contributed by atoms with Crippen molar-refractivity contribution in [3.63, 3.8) is 0 Å². The minimum absolute atomic E-state index is 0.0803. The maximum Gasteiger partial charge on any atom is 0.335 e. The molecule has 0 aliphatic rings. The van der Waals surface area contributed by atoms with Crippen LogP contribution in [0.4, 0.5) is 4.39 Å². The highest BCUT2D eigenvalue weighted by atomic mass is 79.9. The van der Waals surface area contributed by atoms with E-state index < -0.39 is 11.8 Å². The van der Waals surface area contributed by atoms with Crippen molar-refractivity contribution in [3.8, 4) is 10.4 Å². The van der Waals surface area contributed by atoms with Crippen molar-refractivity contribution in [1.29, 1.82) is 0 Å². The van der Waals surface area contributed by atoms with Gasteiger partial charge in [-0.2, -0.15) is 0 Å². The lowest BCUT2D eigenvalue weighted by molar-refractivity contribution is 0.0697. The van der Waals surface area contributed by atoms with Gasteiger partial charge in [-0.15, -0.1) is 11.3 Å². The van der Waals surface area contributed by atoms with E-state index in [1.54, 1.807) is 6.07 Å². The Morgan fingerprint density at radius 1 is 1.38 bits per heavy atom. The molecule has 5 heteroatoms. The van der Waals surface area contributed by atoms with Gasteiger partial charge in [0.25, 0.3) is 0 Å². The molecule has 0 saturated carbocycles. The molecule has 2 nitrogen and oxygen atoms in total. The Morgan fingerprint density at radius 3 is 2.69 bits per heavy atom. The van der Waals surface area contributed by atoms with Crippen LogP contribution in [0.2, 0.25) is 0 Å². The lowest BCUT2D eigenvalue weighted by Crippen LogP contribution is -1.97. The number of benzene rings is 1. The van der Waals surface area contributed by atoms with Crippen LogP contribution < -0.4 is 0 Å². The minimum Gasteiger partial charge on any atom is -0.478 e. The number of aromatic carboxylic acids is 1.